The molecular weight excluding hydrogens is 418 g/mol. The van der Waals surface area contributed by atoms with Crippen LogP contribution in [0, 0.1) is 0 Å². The molecule has 0 saturated carbocycles. The third-order valence-electron chi connectivity index (χ3n) is 5.36. The number of ether oxygens (including phenoxy) is 1. The molecule has 1 saturated heterocycles. The number of amides is 2. The number of likely N-dealkylation sites (tertiary alicyclic amines) is 1. The lowest BCUT2D eigenvalue weighted by Gasteiger charge is -2.35. The number of nitrogens with two attached hydrogens (primary N) is 1. The number of piperidine rings is 1. The summed E-state index contributed by atoms with van der Waals surface area (Å²) in [4.78, 5) is 18.6. The van der Waals surface area contributed by atoms with Gasteiger partial charge in [-0.05, 0) is 49.1 Å². The molecule has 2 amide bonds. The van der Waals surface area contributed by atoms with Crippen molar-refractivity contribution in [1.82, 2.24) is 15.2 Å². The molecule has 0 bridgehead atoms. The van der Waals surface area contributed by atoms with Crippen molar-refractivity contribution >= 4 is 27.4 Å². The molecule has 4 rings (SSSR count). The van der Waals surface area contributed by atoms with E-state index in [1.165, 1.54) is 0 Å². The molecule has 1 aromatic heterocycles. The van der Waals surface area contributed by atoms with Gasteiger partial charge in [-0.3, -0.25) is 9.71 Å². The Morgan fingerprint density at radius 1 is 1.26 bits per heavy atom. The number of benzene rings is 1. The average Bonchev–Trinajstić information content (AvgIpc) is 2.76. The Morgan fingerprint density at radius 2 is 2.06 bits per heavy atom. The van der Waals surface area contributed by atoms with Crippen LogP contribution in [0.5, 0.6) is 5.75 Å². The normalized spacial score (nSPS) is 19.5. The van der Waals surface area contributed by atoms with Crippen molar-refractivity contribution in [3.63, 3.8) is 0 Å². The zero-order chi connectivity index (χ0) is 21.8. The maximum absolute atomic E-state index is 12.8. The van der Waals surface area contributed by atoms with Crippen LogP contribution >= 0.6 is 0 Å². The third kappa shape index (κ3) is 4.91. The molecule has 1 atom stereocenters. The Bertz CT molecular complexity index is 1090. The summed E-state index contributed by atoms with van der Waals surface area (Å²) in [6.45, 7) is 1.38. The largest absolute Gasteiger partial charge is 0.491 e. The minimum absolute atomic E-state index is 0.0902. The van der Waals surface area contributed by atoms with Gasteiger partial charge in [-0.15, -0.1) is 0 Å². The fourth-order valence-corrected chi connectivity index (χ4v) is 4.84. The summed E-state index contributed by atoms with van der Waals surface area (Å²) in [5, 5.41) is 3.95. The molecule has 2 aromatic rings. The fraction of sp³-hybridized carbons (Fsp3) is 0.333. The van der Waals surface area contributed by atoms with Gasteiger partial charge < -0.3 is 20.7 Å². The van der Waals surface area contributed by atoms with Gasteiger partial charge in [-0.2, -0.15) is 0 Å². The van der Waals surface area contributed by atoms with Crippen LogP contribution < -0.4 is 20.5 Å². The second-order valence-corrected chi connectivity index (χ2v) is 9.10. The molecule has 0 spiro atoms. The predicted octanol–water partition coefficient (Wildman–Crippen LogP) is 2.24. The summed E-state index contributed by atoms with van der Waals surface area (Å²) in [6, 6.07) is 8.59. The fourth-order valence-electron chi connectivity index (χ4n) is 3.85. The molecule has 9 nitrogen and oxygen atoms in total. The minimum Gasteiger partial charge on any atom is -0.491 e. The van der Waals surface area contributed by atoms with E-state index in [4.69, 9.17) is 10.5 Å². The zero-order valence-corrected chi connectivity index (χ0v) is 17.8. The van der Waals surface area contributed by atoms with Crippen molar-refractivity contribution in [3.8, 4) is 5.75 Å². The van der Waals surface area contributed by atoms with Crippen LogP contribution in [0.25, 0.3) is 5.70 Å². The number of rotatable bonds is 5. The van der Waals surface area contributed by atoms with Crippen molar-refractivity contribution in [3.05, 3.63) is 59.3 Å². The van der Waals surface area contributed by atoms with Gasteiger partial charge in [0.2, 0.25) is 0 Å². The monoisotopic (exact) mass is 443 g/mol. The van der Waals surface area contributed by atoms with Crippen LogP contribution in [-0.2, 0) is 16.6 Å². The van der Waals surface area contributed by atoms with Gasteiger partial charge in [0.25, 0.3) is 10.0 Å². The number of nitrogens with one attached hydrogen (secondary N) is 2. The van der Waals surface area contributed by atoms with Gasteiger partial charge in [0.1, 0.15) is 12.4 Å². The summed E-state index contributed by atoms with van der Waals surface area (Å²) >= 11 is 0. The summed E-state index contributed by atoms with van der Waals surface area (Å²) in [7, 11) is -3.60. The van der Waals surface area contributed by atoms with Gasteiger partial charge >= 0.3 is 6.03 Å². The van der Waals surface area contributed by atoms with E-state index < -0.39 is 10.0 Å². The van der Waals surface area contributed by atoms with Crippen LogP contribution in [0.1, 0.15) is 30.4 Å². The molecule has 0 unspecified atom stereocenters. The molecular formula is C21H25N5O4S. The van der Waals surface area contributed by atoms with Gasteiger partial charge in [0, 0.05) is 25.5 Å². The van der Waals surface area contributed by atoms with E-state index in [0.29, 0.717) is 36.7 Å². The Morgan fingerprint density at radius 3 is 2.87 bits per heavy atom. The van der Waals surface area contributed by atoms with Gasteiger partial charge in [-0.25, -0.2) is 13.2 Å². The van der Waals surface area contributed by atoms with Crippen LogP contribution in [0.15, 0.2) is 48.1 Å². The van der Waals surface area contributed by atoms with Crippen molar-refractivity contribution in [1.29, 1.82) is 0 Å². The number of aromatic nitrogens is 1. The lowest BCUT2D eigenvalue weighted by Crippen LogP contribution is -2.50. The second-order valence-electron chi connectivity index (χ2n) is 7.57. The summed E-state index contributed by atoms with van der Waals surface area (Å²) in [5.41, 5.74) is 7.99. The average molecular weight is 444 g/mol. The predicted molar refractivity (Wildman–Crippen MR) is 117 cm³/mol. The lowest BCUT2D eigenvalue weighted by molar-refractivity contribution is 0.116. The minimum atomic E-state index is -3.60. The Labute approximate surface area is 181 Å². The standard InChI is InChI=1S/C21H25N5O4S/c22-17-14-31(28,29)25-18-5-3-6-19(20(17)18)30-13-16-4-1-2-11-26(16)21(27)24-12-15-7-9-23-10-8-15/h3,5-10,14,16,25H,1-2,4,11-13,22H2,(H,24,27)/t16-/m1/s1. The number of carbonyl (C=O) groups excluding carboxylic acids is 1. The summed E-state index contributed by atoms with van der Waals surface area (Å²) < 4.78 is 32.2. The smallest absolute Gasteiger partial charge is 0.318 e. The second kappa shape index (κ2) is 8.84. The molecule has 3 heterocycles. The van der Waals surface area contributed by atoms with Crippen LogP contribution in [0.2, 0.25) is 0 Å². The zero-order valence-electron chi connectivity index (χ0n) is 17.0. The van der Waals surface area contributed by atoms with E-state index >= 15 is 0 Å². The molecule has 2 aliphatic heterocycles. The molecule has 0 radical (unpaired) electrons. The number of carbonyl (C=O) groups is 1. The van der Waals surface area contributed by atoms with Crippen molar-refractivity contribution in [2.45, 2.75) is 31.8 Å². The van der Waals surface area contributed by atoms with Crippen LogP contribution in [-0.4, -0.2) is 43.5 Å². The SMILES string of the molecule is NC1=CS(=O)(=O)Nc2cccc(OC[C@H]3CCCCN3C(=O)NCc3ccncc3)c21. The van der Waals surface area contributed by atoms with Gasteiger partial charge in [0.15, 0.2) is 0 Å². The molecule has 164 valence electrons. The maximum Gasteiger partial charge on any atom is 0.318 e. The van der Waals surface area contributed by atoms with E-state index in [-0.39, 0.29) is 17.8 Å². The molecule has 1 fully saturated rings. The van der Waals surface area contributed by atoms with Crippen molar-refractivity contribution in [2.24, 2.45) is 5.73 Å². The first-order valence-corrected chi connectivity index (χ1v) is 11.7. The highest BCUT2D eigenvalue weighted by Gasteiger charge is 2.28. The van der Waals surface area contributed by atoms with E-state index in [1.54, 1.807) is 30.6 Å². The number of anilines is 1. The molecule has 2 aliphatic rings. The van der Waals surface area contributed by atoms with E-state index in [0.717, 1.165) is 30.2 Å². The van der Waals surface area contributed by atoms with Crippen molar-refractivity contribution in [2.75, 3.05) is 17.9 Å². The number of hydrogen-bond acceptors (Lipinski definition) is 6. The number of urea groups is 1. The van der Waals surface area contributed by atoms with Gasteiger partial charge in [0.05, 0.1) is 28.4 Å². The molecule has 10 heteroatoms. The van der Waals surface area contributed by atoms with Crippen LogP contribution in [0.4, 0.5) is 10.5 Å². The first kappa shape index (κ1) is 21.0. The Kier molecular flexibility index (Phi) is 5.99. The number of sulfonamides is 1. The highest BCUT2D eigenvalue weighted by Crippen LogP contribution is 2.35. The van der Waals surface area contributed by atoms with Gasteiger partial charge in [-0.1, -0.05) is 6.07 Å². The van der Waals surface area contributed by atoms with E-state index in [9.17, 15) is 13.2 Å². The Balaban J connectivity index is 1.43. The maximum atomic E-state index is 12.8. The molecule has 4 N–H and O–H groups in total. The molecule has 0 aliphatic carbocycles. The molecule has 1 aromatic carbocycles. The topological polar surface area (TPSA) is 127 Å². The first-order chi connectivity index (χ1) is 14.9. The highest BCUT2D eigenvalue weighted by molar-refractivity contribution is 7.95. The summed E-state index contributed by atoms with van der Waals surface area (Å²) in [6.07, 6.45) is 6.17. The summed E-state index contributed by atoms with van der Waals surface area (Å²) in [5.74, 6) is 0.483. The lowest BCUT2D eigenvalue weighted by atomic mass is 10.0. The van der Waals surface area contributed by atoms with E-state index in [1.807, 2.05) is 17.0 Å². The highest BCUT2D eigenvalue weighted by atomic mass is 32.2. The van der Waals surface area contributed by atoms with Crippen molar-refractivity contribution < 1.29 is 17.9 Å². The van der Waals surface area contributed by atoms with E-state index in [2.05, 4.69) is 15.0 Å². The number of nitrogens with zero attached hydrogens (tertiary/aromatic N) is 2. The van der Waals surface area contributed by atoms with Crippen LogP contribution in [0.3, 0.4) is 0 Å². The number of pyridine rings is 1. The number of hydrogen-bond donors (Lipinski definition) is 3. The number of fused-ring (bicyclic) bond motifs is 1. The Hall–Kier alpha value is -3.27. The first-order valence-electron chi connectivity index (χ1n) is 10.1. The quantitative estimate of drug-likeness (QED) is 0.650. The molecule has 31 heavy (non-hydrogen) atoms. The third-order valence-corrected chi connectivity index (χ3v) is 6.43.